The summed E-state index contributed by atoms with van der Waals surface area (Å²) in [4.78, 5) is 17.5. The molecule has 0 radical (unpaired) electrons. The molecule has 1 atom stereocenters. The van der Waals surface area contributed by atoms with E-state index in [1.165, 1.54) is 0 Å². The minimum absolute atomic E-state index is 0. The second-order valence-electron chi connectivity index (χ2n) is 4.81. The first kappa shape index (κ1) is 20.0. The average molecular weight is 410 g/mol. The highest BCUT2D eigenvalue weighted by molar-refractivity contribution is 14.0. The Labute approximate surface area is 144 Å². The van der Waals surface area contributed by atoms with Crippen LogP contribution in [0.4, 0.5) is 4.79 Å². The van der Waals surface area contributed by atoms with Crippen LogP contribution in [-0.2, 0) is 4.74 Å². The number of rotatable bonds is 8. The van der Waals surface area contributed by atoms with Gasteiger partial charge in [-0.05, 0) is 19.8 Å². The van der Waals surface area contributed by atoms with Crippen LogP contribution in [-0.4, -0.2) is 55.8 Å². The van der Waals surface area contributed by atoms with Crippen molar-refractivity contribution >= 4 is 36.0 Å². The molecule has 0 saturated carbocycles. The van der Waals surface area contributed by atoms with Crippen molar-refractivity contribution in [2.45, 2.75) is 32.7 Å². The van der Waals surface area contributed by atoms with Gasteiger partial charge in [-0.25, -0.2) is 4.79 Å². The number of nitrogens with one attached hydrogen (secondary N) is 2. The average Bonchev–Trinajstić information content (AvgIpc) is 2.85. The van der Waals surface area contributed by atoms with Gasteiger partial charge in [-0.15, -0.1) is 30.6 Å². The zero-order valence-electron chi connectivity index (χ0n) is 12.9. The molecular formula is C14H27IN4O2. The number of aliphatic imine (C=N–C) groups is 1. The quantitative estimate of drug-likeness (QED) is 0.211. The molecule has 1 unspecified atom stereocenters. The molecule has 1 saturated heterocycles. The van der Waals surface area contributed by atoms with Crippen molar-refractivity contribution in [1.29, 1.82) is 0 Å². The third-order valence-electron chi connectivity index (χ3n) is 3.11. The molecule has 0 aliphatic carbocycles. The molecule has 6 nitrogen and oxygen atoms in total. The third-order valence-corrected chi connectivity index (χ3v) is 3.11. The van der Waals surface area contributed by atoms with Gasteiger partial charge in [0.25, 0.3) is 0 Å². The molecule has 1 aliphatic heterocycles. The summed E-state index contributed by atoms with van der Waals surface area (Å²) in [5, 5.41) is 6.51. The van der Waals surface area contributed by atoms with Crippen molar-refractivity contribution < 1.29 is 9.53 Å². The first-order valence-electron chi connectivity index (χ1n) is 7.24. The van der Waals surface area contributed by atoms with E-state index in [1.807, 2.05) is 0 Å². The van der Waals surface area contributed by atoms with Gasteiger partial charge in [0.2, 0.25) is 0 Å². The lowest BCUT2D eigenvalue weighted by Crippen LogP contribution is -2.42. The van der Waals surface area contributed by atoms with Crippen LogP contribution in [0, 0.1) is 0 Å². The molecular weight excluding hydrogens is 383 g/mol. The van der Waals surface area contributed by atoms with Crippen LogP contribution in [0.5, 0.6) is 0 Å². The van der Waals surface area contributed by atoms with Gasteiger partial charge in [0.05, 0.1) is 6.54 Å². The number of hydrogen-bond donors (Lipinski definition) is 2. The summed E-state index contributed by atoms with van der Waals surface area (Å²) >= 11 is 0. The summed E-state index contributed by atoms with van der Waals surface area (Å²) in [5.41, 5.74) is 0. The first-order valence-corrected chi connectivity index (χ1v) is 7.24. The van der Waals surface area contributed by atoms with E-state index in [0.29, 0.717) is 38.8 Å². The Bertz CT molecular complexity index is 350. The molecule has 1 rings (SSSR count). The van der Waals surface area contributed by atoms with Crippen molar-refractivity contribution in [2.75, 3.05) is 32.8 Å². The molecule has 122 valence electrons. The lowest BCUT2D eigenvalue weighted by Gasteiger charge is -2.16. The molecule has 0 spiro atoms. The van der Waals surface area contributed by atoms with Crippen LogP contribution in [0.1, 0.15) is 26.7 Å². The van der Waals surface area contributed by atoms with E-state index in [1.54, 1.807) is 11.0 Å². The normalized spacial score (nSPS) is 16.0. The van der Waals surface area contributed by atoms with Gasteiger partial charge >= 0.3 is 6.09 Å². The standard InChI is InChI=1S/C14H26N4O2.HI/c1-4-7-15-13(17-12(3)5-2)16-8-6-9-18-10-11-20-14(18)19;/h4,12H,1,5-11H2,2-3H3,(H2,15,16,17);1H. The van der Waals surface area contributed by atoms with Crippen LogP contribution >= 0.6 is 24.0 Å². The van der Waals surface area contributed by atoms with Gasteiger partial charge in [-0.3, -0.25) is 4.99 Å². The minimum Gasteiger partial charge on any atom is -0.448 e. The summed E-state index contributed by atoms with van der Waals surface area (Å²) < 4.78 is 4.88. The molecule has 1 amide bonds. The topological polar surface area (TPSA) is 66.0 Å². The maximum atomic E-state index is 11.3. The molecule has 1 heterocycles. The number of carbonyl (C=O) groups is 1. The second-order valence-corrected chi connectivity index (χ2v) is 4.81. The minimum atomic E-state index is -0.211. The fourth-order valence-electron chi connectivity index (χ4n) is 1.74. The molecule has 1 fully saturated rings. The van der Waals surface area contributed by atoms with Crippen molar-refractivity contribution in [3.05, 3.63) is 12.7 Å². The maximum Gasteiger partial charge on any atom is 0.409 e. The molecule has 1 aliphatic rings. The zero-order valence-corrected chi connectivity index (χ0v) is 15.3. The summed E-state index contributed by atoms with van der Waals surface area (Å²) in [5.74, 6) is 0.795. The SMILES string of the molecule is C=CCNC(=NCCCN1CCOC1=O)NC(C)CC.I. The molecule has 0 bridgehead atoms. The highest BCUT2D eigenvalue weighted by Crippen LogP contribution is 2.03. The zero-order chi connectivity index (χ0) is 14.8. The summed E-state index contributed by atoms with van der Waals surface area (Å²) in [7, 11) is 0. The van der Waals surface area contributed by atoms with E-state index in [-0.39, 0.29) is 30.1 Å². The lowest BCUT2D eigenvalue weighted by atomic mass is 10.3. The summed E-state index contributed by atoms with van der Waals surface area (Å²) in [6.07, 6.45) is 3.45. The monoisotopic (exact) mass is 410 g/mol. The molecule has 21 heavy (non-hydrogen) atoms. The first-order chi connectivity index (χ1) is 9.67. The number of nitrogens with zero attached hydrogens (tertiary/aromatic N) is 2. The summed E-state index contributed by atoms with van der Waals surface area (Å²) in [6, 6.07) is 0.375. The van der Waals surface area contributed by atoms with Crippen LogP contribution in [0.3, 0.4) is 0 Å². The van der Waals surface area contributed by atoms with Crippen LogP contribution < -0.4 is 10.6 Å². The predicted octanol–water partition coefficient (Wildman–Crippen LogP) is 1.97. The van der Waals surface area contributed by atoms with Gasteiger partial charge < -0.3 is 20.3 Å². The number of carbonyl (C=O) groups excluding carboxylic acids is 1. The highest BCUT2D eigenvalue weighted by atomic mass is 127. The maximum absolute atomic E-state index is 11.3. The van der Waals surface area contributed by atoms with E-state index < -0.39 is 0 Å². The fraction of sp³-hybridized carbons (Fsp3) is 0.714. The Hall–Kier alpha value is -0.990. The van der Waals surface area contributed by atoms with Gasteiger partial charge in [-0.2, -0.15) is 0 Å². The number of amides is 1. The number of ether oxygens (including phenoxy) is 1. The van der Waals surface area contributed by atoms with Crippen LogP contribution in [0.15, 0.2) is 17.6 Å². The highest BCUT2D eigenvalue weighted by Gasteiger charge is 2.20. The van der Waals surface area contributed by atoms with Crippen LogP contribution in [0.2, 0.25) is 0 Å². The Morgan fingerprint density at radius 3 is 2.95 bits per heavy atom. The van der Waals surface area contributed by atoms with E-state index in [0.717, 1.165) is 18.8 Å². The molecule has 0 aromatic heterocycles. The van der Waals surface area contributed by atoms with Gasteiger partial charge in [0.1, 0.15) is 6.61 Å². The van der Waals surface area contributed by atoms with E-state index in [9.17, 15) is 4.79 Å². The van der Waals surface area contributed by atoms with Gasteiger partial charge in [0.15, 0.2) is 5.96 Å². The molecule has 2 N–H and O–H groups in total. The van der Waals surface area contributed by atoms with Crippen molar-refractivity contribution in [1.82, 2.24) is 15.5 Å². The number of guanidine groups is 1. The van der Waals surface area contributed by atoms with Gasteiger partial charge in [0, 0.05) is 25.7 Å². The van der Waals surface area contributed by atoms with Crippen molar-refractivity contribution in [3.8, 4) is 0 Å². The molecule has 7 heteroatoms. The number of cyclic esters (lactones) is 1. The largest absolute Gasteiger partial charge is 0.448 e. The number of halogens is 1. The Morgan fingerprint density at radius 2 is 2.38 bits per heavy atom. The fourth-order valence-corrected chi connectivity index (χ4v) is 1.74. The van der Waals surface area contributed by atoms with Crippen molar-refractivity contribution in [2.24, 2.45) is 4.99 Å². The third kappa shape index (κ3) is 8.13. The van der Waals surface area contributed by atoms with E-state index in [2.05, 4.69) is 36.1 Å². The number of hydrogen-bond acceptors (Lipinski definition) is 3. The smallest absolute Gasteiger partial charge is 0.409 e. The lowest BCUT2D eigenvalue weighted by molar-refractivity contribution is 0.158. The molecule has 0 aromatic rings. The Kier molecular flexibility index (Phi) is 11.1. The van der Waals surface area contributed by atoms with Crippen molar-refractivity contribution in [3.63, 3.8) is 0 Å². The Morgan fingerprint density at radius 1 is 1.62 bits per heavy atom. The van der Waals surface area contributed by atoms with E-state index >= 15 is 0 Å². The second kappa shape index (κ2) is 11.6. The van der Waals surface area contributed by atoms with Gasteiger partial charge in [-0.1, -0.05) is 13.0 Å². The van der Waals surface area contributed by atoms with E-state index in [4.69, 9.17) is 4.74 Å². The van der Waals surface area contributed by atoms with Crippen LogP contribution in [0.25, 0.3) is 0 Å². The predicted molar refractivity (Wildman–Crippen MR) is 96.3 cm³/mol. The Balaban J connectivity index is 0.00000400. The molecule has 0 aromatic carbocycles. The summed E-state index contributed by atoms with van der Waals surface area (Å²) in [6.45, 7) is 11.2.